The molecule has 0 saturated heterocycles. The van der Waals surface area contributed by atoms with Crippen molar-refractivity contribution in [3.05, 3.63) is 102 Å². The van der Waals surface area contributed by atoms with Crippen molar-refractivity contribution < 1.29 is 4.57 Å². The Hall–Kier alpha value is -4.02. The van der Waals surface area contributed by atoms with Crippen molar-refractivity contribution in [2.75, 3.05) is 0 Å². The molecule has 0 aliphatic rings. The molecule has 36 heavy (non-hydrogen) atoms. The van der Waals surface area contributed by atoms with Crippen LogP contribution in [0.5, 0.6) is 0 Å². The van der Waals surface area contributed by atoms with Gasteiger partial charge in [0, 0.05) is 44.2 Å². The number of hydrogen-bond acceptors (Lipinski definition) is 2. The molecule has 0 N–H and O–H groups in total. The summed E-state index contributed by atoms with van der Waals surface area (Å²) < 4.78 is 7.19. The van der Waals surface area contributed by atoms with Gasteiger partial charge in [-0.15, -0.1) is 11.3 Å². The Kier molecular flexibility index (Phi) is 4.57. The summed E-state index contributed by atoms with van der Waals surface area (Å²) in [6.07, 6.45) is 4.08. The first-order valence-electron chi connectivity index (χ1n) is 12.3. The molecule has 0 radical (unpaired) electrons. The number of hydrogen-bond donors (Lipinski definition) is 0. The summed E-state index contributed by atoms with van der Waals surface area (Å²) in [5, 5.41) is 5.03. The lowest BCUT2D eigenvalue weighted by Gasteiger charge is -2.10. The summed E-state index contributed by atoms with van der Waals surface area (Å²) in [6.45, 7) is 6.64. The predicted octanol–water partition coefficient (Wildman–Crippen LogP) is 7.96. The van der Waals surface area contributed by atoms with E-state index >= 15 is 0 Å². The number of rotatable bonds is 2. The second kappa shape index (κ2) is 7.74. The number of benzene rings is 3. The standard InChI is InChI=1S/C32H26N3S/c1-19-16-20(2)21(3)27(17-19)30-31-25(13-15-34(30)4)24-12-11-22(18-29(24)36-31)35-28-10-6-5-8-23(28)26-9-7-14-33-32(26)35/h5-18H,1-4H3/q+1. The van der Waals surface area contributed by atoms with Crippen LogP contribution in [0.1, 0.15) is 16.7 Å². The number of pyridine rings is 2. The minimum Gasteiger partial charge on any atom is -0.294 e. The van der Waals surface area contributed by atoms with Crippen LogP contribution in [0.2, 0.25) is 0 Å². The van der Waals surface area contributed by atoms with E-state index in [0.717, 1.165) is 11.3 Å². The Bertz CT molecular complexity index is 1940. The van der Waals surface area contributed by atoms with Crippen LogP contribution in [0.4, 0.5) is 0 Å². The van der Waals surface area contributed by atoms with Crippen LogP contribution in [-0.2, 0) is 7.05 Å². The Balaban J connectivity index is 1.52. The zero-order chi connectivity index (χ0) is 24.6. The summed E-state index contributed by atoms with van der Waals surface area (Å²) in [5.41, 5.74) is 9.92. The van der Waals surface area contributed by atoms with Crippen LogP contribution >= 0.6 is 11.3 Å². The fourth-order valence-corrected chi connectivity index (χ4v) is 6.99. The molecule has 0 unspecified atom stereocenters. The number of nitrogens with zero attached hydrogens (tertiary/aromatic N) is 3. The zero-order valence-electron chi connectivity index (χ0n) is 20.8. The molecule has 4 heteroatoms. The minimum atomic E-state index is 0.997. The maximum atomic E-state index is 4.77. The van der Waals surface area contributed by atoms with E-state index in [1.165, 1.54) is 64.4 Å². The largest absolute Gasteiger partial charge is 0.294 e. The minimum absolute atomic E-state index is 0.997. The third-order valence-electron chi connectivity index (χ3n) is 7.50. The lowest BCUT2D eigenvalue weighted by Crippen LogP contribution is -2.30. The van der Waals surface area contributed by atoms with Gasteiger partial charge in [-0.25, -0.2) is 4.98 Å². The second-order valence-corrected chi connectivity index (χ2v) is 10.8. The van der Waals surface area contributed by atoms with Crippen LogP contribution < -0.4 is 4.57 Å². The van der Waals surface area contributed by atoms with E-state index in [0.29, 0.717) is 0 Å². The molecule has 0 amide bonds. The molecule has 0 saturated carbocycles. The topological polar surface area (TPSA) is 21.7 Å². The molecule has 0 fully saturated rings. The Morgan fingerprint density at radius 3 is 2.53 bits per heavy atom. The van der Waals surface area contributed by atoms with Gasteiger partial charge in [-0.05, 0) is 68.3 Å². The van der Waals surface area contributed by atoms with Gasteiger partial charge in [-0.1, -0.05) is 35.9 Å². The molecule has 0 bridgehead atoms. The molecule has 0 aliphatic heterocycles. The molecule has 7 aromatic rings. The first-order valence-corrected chi connectivity index (χ1v) is 13.1. The molecule has 0 spiro atoms. The summed E-state index contributed by atoms with van der Waals surface area (Å²) in [6, 6.07) is 26.5. The quantitative estimate of drug-likeness (QED) is 0.228. The van der Waals surface area contributed by atoms with Crippen molar-refractivity contribution in [3.8, 4) is 16.9 Å². The number of aromatic nitrogens is 3. The third kappa shape index (κ3) is 2.98. The molecule has 174 valence electrons. The van der Waals surface area contributed by atoms with Crippen molar-refractivity contribution in [1.29, 1.82) is 0 Å². The van der Waals surface area contributed by atoms with Crippen molar-refractivity contribution in [1.82, 2.24) is 9.55 Å². The van der Waals surface area contributed by atoms with Gasteiger partial charge in [0.25, 0.3) is 0 Å². The van der Waals surface area contributed by atoms with Gasteiger partial charge in [0.1, 0.15) is 17.4 Å². The molecule has 3 aromatic carbocycles. The lowest BCUT2D eigenvalue weighted by atomic mass is 9.96. The average molecular weight is 485 g/mol. The van der Waals surface area contributed by atoms with E-state index in [1.54, 1.807) is 0 Å². The van der Waals surface area contributed by atoms with Crippen LogP contribution in [0.3, 0.4) is 0 Å². The SMILES string of the molecule is Cc1cc(C)c(C)c(-c2c3sc4cc(-n5c6ccccc6c6cccnc65)ccc4c3cc[n+]2C)c1. The summed E-state index contributed by atoms with van der Waals surface area (Å²) in [4.78, 5) is 4.77. The molecular formula is C32H26N3S+. The maximum absolute atomic E-state index is 4.77. The molecule has 7 rings (SSSR count). The van der Waals surface area contributed by atoms with Gasteiger partial charge >= 0.3 is 0 Å². The second-order valence-electron chi connectivity index (χ2n) is 9.78. The molecule has 3 nitrogen and oxygen atoms in total. The van der Waals surface area contributed by atoms with Gasteiger partial charge in [-0.2, -0.15) is 4.57 Å². The van der Waals surface area contributed by atoms with Crippen LogP contribution in [0, 0.1) is 20.8 Å². The number of aryl methyl sites for hydroxylation is 3. The molecule has 4 aromatic heterocycles. The maximum Gasteiger partial charge on any atom is 0.230 e. The van der Waals surface area contributed by atoms with E-state index in [1.807, 2.05) is 23.6 Å². The highest BCUT2D eigenvalue weighted by atomic mass is 32.1. The lowest BCUT2D eigenvalue weighted by molar-refractivity contribution is -0.659. The fraction of sp³-hybridized carbons (Fsp3) is 0.125. The molecule has 0 aliphatic carbocycles. The van der Waals surface area contributed by atoms with Gasteiger partial charge in [0.05, 0.1) is 11.1 Å². The highest BCUT2D eigenvalue weighted by molar-refractivity contribution is 7.26. The van der Waals surface area contributed by atoms with Crippen molar-refractivity contribution in [3.63, 3.8) is 0 Å². The summed E-state index contributed by atoms with van der Waals surface area (Å²) in [7, 11) is 2.16. The van der Waals surface area contributed by atoms with Crippen molar-refractivity contribution >= 4 is 53.4 Å². The number of thiophene rings is 1. The van der Waals surface area contributed by atoms with Crippen molar-refractivity contribution in [2.24, 2.45) is 7.05 Å². The van der Waals surface area contributed by atoms with Gasteiger partial charge < -0.3 is 0 Å². The fourth-order valence-electron chi connectivity index (χ4n) is 5.66. The van der Waals surface area contributed by atoms with E-state index in [2.05, 4.69) is 110 Å². The van der Waals surface area contributed by atoms with Crippen molar-refractivity contribution in [2.45, 2.75) is 20.8 Å². The van der Waals surface area contributed by atoms with E-state index in [9.17, 15) is 0 Å². The van der Waals surface area contributed by atoms with E-state index in [4.69, 9.17) is 4.98 Å². The molecular weight excluding hydrogens is 458 g/mol. The smallest absolute Gasteiger partial charge is 0.230 e. The predicted molar refractivity (Wildman–Crippen MR) is 152 cm³/mol. The van der Waals surface area contributed by atoms with E-state index in [-0.39, 0.29) is 0 Å². The van der Waals surface area contributed by atoms with Gasteiger partial charge in [0.15, 0.2) is 6.20 Å². The Labute approximate surface area is 213 Å². The summed E-state index contributed by atoms with van der Waals surface area (Å²) in [5.74, 6) is 0. The third-order valence-corrected chi connectivity index (χ3v) is 8.68. The van der Waals surface area contributed by atoms with Gasteiger partial charge in [0.2, 0.25) is 5.69 Å². The monoisotopic (exact) mass is 484 g/mol. The zero-order valence-corrected chi connectivity index (χ0v) is 21.6. The van der Waals surface area contributed by atoms with Gasteiger partial charge in [-0.3, -0.25) is 4.57 Å². The van der Waals surface area contributed by atoms with E-state index < -0.39 is 0 Å². The highest BCUT2D eigenvalue weighted by Gasteiger charge is 2.22. The molecule has 4 heterocycles. The van der Waals surface area contributed by atoms with Crippen LogP contribution in [0.25, 0.3) is 59.1 Å². The number of fused-ring (bicyclic) bond motifs is 6. The highest BCUT2D eigenvalue weighted by Crippen LogP contribution is 2.41. The normalized spacial score (nSPS) is 11.9. The molecule has 0 atom stereocenters. The first-order chi connectivity index (χ1) is 17.5. The van der Waals surface area contributed by atoms with Crippen LogP contribution in [0.15, 0.2) is 85.2 Å². The Morgan fingerprint density at radius 1 is 0.806 bits per heavy atom. The summed E-state index contributed by atoms with van der Waals surface area (Å²) >= 11 is 1.89. The Morgan fingerprint density at radius 2 is 1.64 bits per heavy atom. The number of para-hydroxylation sites is 1. The van der Waals surface area contributed by atoms with Crippen LogP contribution in [-0.4, -0.2) is 9.55 Å². The average Bonchev–Trinajstić information content (AvgIpc) is 3.41. The first kappa shape index (κ1) is 21.3.